The average Bonchev–Trinajstić information content (AvgIpc) is 2.34. The fourth-order valence-electron chi connectivity index (χ4n) is 1.90. The fraction of sp³-hybridized carbons (Fsp3) is 0.143. The molecule has 2 rings (SSSR count). The predicted molar refractivity (Wildman–Crippen MR) is 79.3 cm³/mol. The van der Waals surface area contributed by atoms with Gasteiger partial charge in [0, 0.05) is 12.3 Å². The highest BCUT2D eigenvalue weighted by molar-refractivity contribution is 14.1. The fourth-order valence-corrected chi connectivity index (χ4v) is 2.65. The quantitative estimate of drug-likeness (QED) is 0.499. The number of ether oxygens (including phenoxy) is 1. The zero-order chi connectivity index (χ0) is 14.9. The molecule has 0 spiro atoms. The summed E-state index contributed by atoms with van der Waals surface area (Å²) in [6.45, 7) is 1.24. The van der Waals surface area contributed by atoms with Gasteiger partial charge < -0.3 is 9.84 Å². The number of hydrogen-bond acceptors (Lipinski definition) is 3. The maximum atomic E-state index is 13.4. The topological polar surface area (TPSA) is 63.6 Å². The highest BCUT2D eigenvalue weighted by Crippen LogP contribution is 2.35. The van der Waals surface area contributed by atoms with Gasteiger partial charge in [0.05, 0.1) is 9.99 Å². The minimum Gasteiger partial charge on any atom is -0.481 e. The number of carboxylic acids is 1. The molecule has 6 heteroatoms. The van der Waals surface area contributed by atoms with Crippen LogP contribution in [0.25, 0.3) is 10.8 Å². The number of fused-ring (bicyclic) bond motifs is 1. The molecule has 104 valence electrons. The molecule has 2 aromatic rings. The number of carbonyl (C=O) groups excluding carboxylic acids is 1. The van der Waals surface area contributed by atoms with Crippen molar-refractivity contribution in [2.75, 3.05) is 0 Å². The lowest BCUT2D eigenvalue weighted by molar-refractivity contribution is -0.136. The van der Waals surface area contributed by atoms with Crippen molar-refractivity contribution in [1.29, 1.82) is 0 Å². The van der Waals surface area contributed by atoms with E-state index in [-0.39, 0.29) is 12.2 Å². The van der Waals surface area contributed by atoms with E-state index in [1.807, 2.05) is 22.6 Å². The molecule has 20 heavy (non-hydrogen) atoms. The number of carboxylic acid groups (broad SMARTS) is 1. The van der Waals surface area contributed by atoms with Crippen LogP contribution < -0.4 is 4.74 Å². The van der Waals surface area contributed by atoms with Gasteiger partial charge in [-0.15, -0.1) is 0 Å². The van der Waals surface area contributed by atoms with Crippen LogP contribution in [0.4, 0.5) is 4.39 Å². The molecule has 4 nitrogen and oxygen atoms in total. The molecule has 0 atom stereocenters. The van der Waals surface area contributed by atoms with Crippen LogP contribution in [-0.2, 0) is 16.0 Å². The molecular weight excluding hydrogens is 378 g/mol. The highest BCUT2D eigenvalue weighted by Gasteiger charge is 2.16. The molecular formula is C14H10FIO4. The highest BCUT2D eigenvalue weighted by atomic mass is 127. The number of benzene rings is 2. The van der Waals surface area contributed by atoms with Gasteiger partial charge in [-0.3, -0.25) is 9.59 Å². The van der Waals surface area contributed by atoms with Crippen molar-refractivity contribution in [3.05, 3.63) is 39.2 Å². The minimum absolute atomic E-state index is 0.195. The van der Waals surface area contributed by atoms with Crippen LogP contribution in [-0.4, -0.2) is 17.0 Å². The first-order valence-corrected chi connectivity index (χ1v) is 6.77. The number of hydrogen-bond donors (Lipinski definition) is 1. The summed E-state index contributed by atoms with van der Waals surface area (Å²) < 4.78 is 19.0. The van der Waals surface area contributed by atoms with Crippen molar-refractivity contribution in [3.8, 4) is 5.75 Å². The molecule has 0 aliphatic heterocycles. The minimum atomic E-state index is -0.988. The zero-order valence-electron chi connectivity index (χ0n) is 10.4. The van der Waals surface area contributed by atoms with E-state index in [2.05, 4.69) is 0 Å². The second kappa shape index (κ2) is 5.74. The van der Waals surface area contributed by atoms with Crippen LogP contribution in [0.5, 0.6) is 5.75 Å². The van der Waals surface area contributed by atoms with E-state index in [0.717, 1.165) is 0 Å². The molecule has 0 aliphatic carbocycles. The summed E-state index contributed by atoms with van der Waals surface area (Å²) in [4.78, 5) is 22.1. The van der Waals surface area contributed by atoms with Gasteiger partial charge in [-0.2, -0.15) is 0 Å². The van der Waals surface area contributed by atoms with Gasteiger partial charge >= 0.3 is 11.9 Å². The van der Waals surface area contributed by atoms with E-state index in [0.29, 0.717) is 19.9 Å². The molecule has 0 fully saturated rings. The first-order chi connectivity index (χ1) is 9.38. The van der Waals surface area contributed by atoms with Crippen molar-refractivity contribution in [3.63, 3.8) is 0 Å². The summed E-state index contributed by atoms with van der Waals surface area (Å²) in [6.07, 6.45) is -0.195. The Labute approximate surface area is 127 Å². The van der Waals surface area contributed by atoms with Gasteiger partial charge in [0.2, 0.25) is 0 Å². The Morgan fingerprint density at radius 1 is 1.35 bits per heavy atom. The number of rotatable bonds is 3. The normalized spacial score (nSPS) is 10.6. The summed E-state index contributed by atoms with van der Waals surface area (Å²) >= 11 is 1.90. The van der Waals surface area contributed by atoms with Crippen LogP contribution in [0, 0.1) is 9.39 Å². The molecule has 0 saturated carbocycles. The third-order valence-electron chi connectivity index (χ3n) is 2.66. The monoisotopic (exact) mass is 388 g/mol. The van der Waals surface area contributed by atoms with E-state index < -0.39 is 17.8 Å². The van der Waals surface area contributed by atoms with E-state index >= 15 is 0 Å². The molecule has 0 heterocycles. The van der Waals surface area contributed by atoms with Crippen LogP contribution in [0.1, 0.15) is 12.5 Å². The Morgan fingerprint density at radius 3 is 2.65 bits per heavy atom. The standard InChI is InChI=1S/C14H10FIO4/c1-7(17)20-14-11-6-10(15)3-2-8(11)4-9(13(14)16)5-12(18)19/h2-4,6H,5H2,1H3,(H,18,19). The second-order valence-corrected chi connectivity index (χ2v) is 5.29. The van der Waals surface area contributed by atoms with Crippen LogP contribution in [0.15, 0.2) is 24.3 Å². The lowest BCUT2D eigenvalue weighted by atomic mass is 10.0. The van der Waals surface area contributed by atoms with Gasteiger partial charge in [0.25, 0.3) is 0 Å². The second-order valence-electron chi connectivity index (χ2n) is 4.21. The molecule has 0 unspecified atom stereocenters. The van der Waals surface area contributed by atoms with Gasteiger partial charge in [-0.25, -0.2) is 4.39 Å². The first kappa shape index (κ1) is 14.7. The number of aliphatic carboxylic acids is 1. The number of carbonyl (C=O) groups is 2. The van der Waals surface area contributed by atoms with E-state index in [1.165, 1.54) is 25.1 Å². The smallest absolute Gasteiger partial charge is 0.308 e. The van der Waals surface area contributed by atoms with Crippen molar-refractivity contribution in [1.82, 2.24) is 0 Å². The Morgan fingerprint density at radius 2 is 2.05 bits per heavy atom. The maximum Gasteiger partial charge on any atom is 0.308 e. The van der Waals surface area contributed by atoms with Crippen molar-refractivity contribution < 1.29 is 23.8 Å². The lowest BCUT2D eigenvalue weighted by Crippen LogP contribution is -2.08. The zero-order valence-corrected chi connectivity index (χ0v) is 12.6. The van der Waals surface area contributed by atoms with Crippen LogP contribution >= 0.6 is 22.6 Å². The Balaban J connectivity index is 2.73. The van der Waals surface area contributed by atoms with Gasteiger partial charge in [0.1, 0.15) is 5.82 Å². The van der Waals surface area contributed by atoms with E-state index in [9.17, 15) is 14.0 Å². The van der Waals surface area contributed by atoms with Crippen molar-refractivity contribution in [2.24, 2.45) is 0 Å². The molecule has 0 saturated heterocycles. The Kier molecular flexibility index (Phi) is 4.22. The van der Waals surface area contributed by atoms with Gasteiger partial charge in [-0.05, 0) is 51.7 Å². The Bertz CT molecular complexity index is 712. The molecule has 0 aromatic heterocycles. The SMILES string of the molecule is CC(=O)Oc1c(I)c(CC(=O)O)cc2ccc(F)cc12. The van der Waals surface area contributed by atoms with E-state index in [1.54, 1.807) is 6.07 Å². The molecule has 0 bridgehead atoms. The third-order valence-corrected chi connectivity index (χ3v) is 3.84. The Hall–Kier alpha value is -1.70. The average molecular weight is 388 g/mol. The maximum absolute atomic E-state index is 13.4. The lowest BCUT2D eigenvalue weighted by Gasteiger charge is -2.12. The molecule has 2 aromatic carbocycles. The predicted octanol–water partition coefficient (Wildman–Crippen LogP) is 3.14. The number of halogens is 2. The summed E-state index contributed by atoms with van der Waals surface area (Å²) in [5.74, 6) is -1.78. The van der Waals surface area contributed by atoms with E-state index in [4.69, 9.17) is 9.84 Å². The molecule has 0 amide bonds. The summed E-state index contributed by atoms with van der Waals surface area (Å²) in [6, 6.07) is 5.73. The van der Waals surface area contributed by atoms with Crippen LogP contribution in [0.3, 0.4) is 0 Å². The largest absolute Gasteiger partial charge is 0.481 e. The summed E-state index contributed by atoms with van der Waals surface area (Å²) in [7, 11) is 0. The summed E-state index contributed by atoms with van der Waals surface area (Å²) in [5.41, 5.74) is 0.522. The van der Waals surface area contributed by atoms with Crippen molar-refractivity contribution in [2.45, 2.75) is 13.3 Å². The first-order valence-electron chi connectivity index (χ1n) is 5.69. The molecule has 1 N–H and O–H groups in total. The number of esters is 1. The van der Waals surface area contributed by atoms with Gasteiger partial charge in [0.15, 0.2) is 5.75 Å². The van der Waals surface area contributed by atoms with Gasteiger partial charge in [-0.1, -0.05) is 6.07 Å². The van der Waals surface area contributed by atoms with Crippen LogP contribution in [0.2, 0.25) is 0 Å². The summed E-state index contributed by atoms with van der Waals surface area (Å²) in [5, 5.41) is 9.98. The molecule has 0 radical (unpaired) electrons. The third kappa shape index (κ3) is 3.06. The van der Waals surface area contributed by atoms with Crippen molar-refractivity contribution >= 4 is 45.3 Å². The molecule has 0 aliphatic rings.